The van der Waals surface area contributed by atoms with Crippen LogP contribution in [0, 0.1) is 6.92 Å². The van der Waals surface area contributed by atoms with Crippen LogP contribution in [0.3, 0.4) is 0 Å². The summed E-state index contributed by atoms with van der Waals surface area (Å²) >= 11 is 5.67. The van der Waals surface area contributed by atoms with E-state index in [0.717, 1.165) is 0 Å². The smallest absolute Gasteiger partial charge is 0.227 e. The first-order chi connectivity index (χ1) is 8.64. The molecule has 0 atom stereocenters. The maximum absolute atomic E-state index is 13.2. The normalized spacial score (nSPS) is 13.0. The van der Waals surface area contributed by atoms with Gasteiger partial charge in [0.25, 0.3) is 0 Å². The van der Waals surface area contributed by atoms with E-state index in [1.54, 1.807) is 13.0 Å². The van der Waals surface area contributed by atoms with E-state index < -0.39 is 23.1 Å². The van der Waals surface area contributed by atoms with Crippen molar-refractivity contribution in [3.05, 3.63) is 34.7 Å². The van der Waals surface area contributed by atoms with E-state index in [2.05, 4.69) is 9.97 Å². The largest absolute Gasteiger partial charge is 0.461 e. The third-order valence-corrected chi connectivity index (χ3v) is 2.80. The van der Waals surface area contributed by atoms with Crippen molar-refractivity contribution < 1.29 is 22.0 Å². The topological polar surface area (TPSA) is 25.8 Å². The first kappa shape index (κ1) is 13.9. The summed E-state index contributed by atoms with van der Waals surface area (Å²) < 4.78 is 63.1. The number of hydrogen-bond acceptors (Lipinski definition) is 2. The molecular weight excluding hydrogens is 291 g/mol. The molecule has 0 bridgehead atoms. The Kier molecular flexibility index (Phi) is 3.12. The second-order valence-electron chi connectivity index (χ2n) is 3.88. The highest BCUT2D eigenvalue weighted by Gasteiger charge is 2.61. The van der Waals surface area contributed by atoms with Crippen LogP contribution in [-0.2, 0) is 5.92 Å². The van der Waals surface area contributed by atoms with Crippen LogP contribution in [0.25, 0.3) is 10.9 Å². The molecule has 0 amide bonds. The van der Waals surface area contributed by atoms with E-state index in [-0.39, 0.29) is 10.9 Å². The maximum Gasteiger partial charge on any atom is 0.461 e. The van der Waals surface area contributed by atoms with Gasteiger partial charge in [0.05, 0.1) is 5.52 Å². The van der Waals surface area contributed by atoms with Gasteiger partial charge < -0.3 is 0 Å². The molecule has 0 fully saturated rings. The van der Waals surface area contributed by atoms with Crippen LogP contribution in [0.1, 0.15) is 11.4 Å². The van der Waals surface area contributed by atoms with Gasteiger partial charge in [0.1, 0.15) is 5.15 Å². The second-order valence-corrected chi connectivity index (χ2v) is 4.24. The molecule has 1 heterocycles. The fourth-order valence-electron chi connectivity index (χ4n) is 1.57. The Morgan fingerprint density at radius 2 is 1.68 bits per heavy atom. The number of benzene rings is 1. The Hall–Kier alpha value is -1.50. The lowest BCUT2D eigenvalue weighted by molar-refractivity contribution is -0.292. The van der Waals surface area contributed by atoms with Gasteiger partial charge in [0, 0.05) is 5.39 Å². The van der Waals surface area contributed by atoms with Gasteiger partial charge >= 0.3 is 12.1 Å². The molecule has 0 saturated carbocycles. The monoisotopic (exact) mass is 296 g/mol. The molecule has 2 rings (SSSR count). The van der Waals surface area contributed by atoms with E-state index in [9.17, 15) is 22.0 Å². The minimum absolute atomic E-state index is 0.0566. The van der Waals surface area contributed by atoms with Gasteiger partial charge in [-0.25, -0.2) is 9.97 Å². The quantitative estimate of drug-likeness (QED) is 0.581. The Bertz CT molecular complexity index is 639. The lowest BCUT2D eigenvalue weighted by Crippen LogP contribution is -2.35. The predicted octanol–water partition coefficient (Wildman–Crippen LogP) is 4.25. The molecule has 0 unspecified atom stereocenters. The third kappa shape index (κ3) is 2.22. The van der Waals surface area contributed by atoms with Crippen molar-refractivity contribution in [2.45, 2.75) is 19.0 Å². The van der Waals surface area contributed by atoms with Gasteiger partial charge in [0.2, 0.25) is 5.82 Å². The highest BCUT2D eigenvalue weighted by Crippen LogP contribution is 2.43. The van der Waals surface area contributed by atoms with Crippen LogP contribution in [0.5, 0.6) is 0 Å². The molecule has 19 heavy (non-hydrogen) atoms. The van der Waals surface area contributed by atoms with Crippen molar-refractivity contribution in [2.75, 3.05) is 0 Å². The summed E-state index contributed by atoms with van der Waals surface area (Å²) in [6.45, 7) is 1.62. The predicted molar refractivity (Wildman–Crippen MR) is 59.2 cm³/mol. The SMILES string of the molecule is Cc1cccc2nc(C(F)(F)C(F)(F)F)nc(Cl)c12. The highest BCUT2D eigenvalue weighted by atomic mass is 35.5. The summed E-state index contributed by atoms with van der Waals surface area (Å²) in [5, 5.41) is -0.173. The summed E-state index contributed by atoms with van der Waals surface area (Å²) in [7, 11) is 0. The van der Waals surface area contributed by atoms with Crippen LogP contribution in [-0.4, -0.2) is 16.1 Å². The van der Waals surface area contributed by atoms with Crippen LogP contribution in [0.2, 0.25) is 5.15 Å². The molecule has 8 heteroatoms. The van der Waals surface area contributed by atoms with Crippen LogP contribution >= 0.6 is 11.6 Å². The highest BCUT2D eigenvalue weighted by molar-refractivity contribution is 6.34. The molecule has 0 spiro atoms. The number of aromatic nitrogens is 2. The van der Waals surface area contributed by atoms with Crippen LogP contribution < -0.4 is 0 Å². The minimum Gasteiger partial charge on any atom is -0.227 e. The molecular formula is C11H6ClF5N2. The Morgan fingerprint density at radius 1 is 1.05 bits per heavy atom. The zero-order valence-corrected chi connectivity index (χ0v) is 10.2. The zero-order chi connectivity index (χ0) is 14.4. The molecule has 0 N–H and O–H groups in total. The second kappa shape index (κ2) is 4.26. The fourth-order valence-corrected chi connectivity index (χ4v) is 1.89. The summed E-state index contributed by atoms with van der Waals surface area (Å²) in [4.78, 5) is 6.35. The van der Waals surface area contributed by atoms with Gasteiger partial charge in [-0.05, 0) is 18.6 Å². The fraction of sp³-hybridized carbons (Fsp3) is 0.273. The summed E-state index contributed by atoms with van der Waals surface area (Å²) in [5.74, 6) is -6.79. The van der Waals surface area contributed by atoms with Crippen molar-refractivity contribution in [3.8, 4) is 0 Å². The van der Waals surface area contributed by atoms with E-state index in [4.69, 9.17) is 11.6 Å². The first-order valence-electron chi connectivity index (χ1n) is 5.02. The lowest BCUT2D eigenvalue weighted by atomic mass is 10.1. The average molecular weight is 297 g/mol. The van der Waals surface area contributed by atoms with Crippen molar-refractivity contribution in [1.29, 1.82) is 0 Å². The number of alkyl halides is 5. The van der Waals surface area contributed by atoms with Gasteiger partial charge in [-0.2, -0.15) is 22.0 Å². The van der Waals surface area contributed by atoms with Crippen molar-refractivity contribution in [2.24, 2.45) is 0 Å². The average Bonchev–Trinajstić information content (AvgIpc) is 2.26. The molecule has 102 valence electrons. The standard InChI is InChI=1S/C11H6ClF5N2/c1-5-3-2-4-6-7(5)8(12)19-9(18-6)10(13,14)11(15,16)17/h2-4H,1H3. The minimum atomic E-state index is -5.77. The Morgan fingerprint density at radius 3 is 2.26 bits per heavy atom. The van der Waals surface area contributed by atoms with Gasteiger partial charge in [0.15, 0.2) is 0 Å². The van der Waals surface area contributed by atoms with E-state index in [0.29, 0.717) is 5.56 Å². The lowest BCUT2D eigenvalue weighted by Gasteiger charge is -2.18. The maximum atomic E-state index is 13.2. The van der Waals surface area contributed by atoms with E-state index in [1.807, 2.05) is 0 Å². The molecule has 0 aliphatic heterocycles. The number of aryl methyl sites for hydroxylation is 1. The molecule has 2 nitrogen and oxygen atoms in total. The van der Waals surface area contributed by atoms with Crippen molar-refractivity contribution in [3.63, 3.8) is 0 Å². The molecule has 2 aromatic rings. The number of halogens is 6. The van der Waals surface area contributed by atoms with Crippen molar-refractivity contribution >= 4 is 22.5 Å². The zero-order valence-electron chi connectivity index (χ0n) is 9.39. The molecule has 1 aromatic heterocycles. The first-order valence-corrected chi connectivity index (χ1v) is 5.40. The van der Waals surface area contributed by atoms with E-state index >= 15 is 0 Å². The van der Waals surface area contributed by atoms with Crippen LogP contribution in [0.4, 0.5) is 22.0 Å². The third-order valence-electron chi connectivity index (χ3n) is 2.52. The summed E-state index contributed by atoms with van der Waals surface area (Å²) in [6.07, 6.45) is -5.77. The van der Waals surface area contributed by atoms with Gasteiger partial charge in [-0.1, -0.05) is 23.7 Å². The molecule has 0 aliphatic carbocycles. The molecule has 1 aromatic carbocycles. The summed E-state index contributed by atoms with van der Waals surface area (Å²) in [5.41, 5.74) is 0.531. The van der Waals surface area contributed by atoms with Gasteiger partial charge in [-0.15, -0.1) is 0 Å². The number of rotatable bonds is 1. The van der Waals surface area contributed by atoms with E-state index in [1.165, 1.54) is 12.1 Å². The molecule has 0 saturated heterocycles. The Balaban J connectivity index is 2.72. The number of nitrogens with zero attached hydrogens (tertiary/aromatic N) is 2. The molecule has 0 aliphatic rings. The number of fused-ring (bicyclic) bond motifs is 1. The Labute approximate surface area is 109 Å². The summed E-state index contributed by atoms with van der Waals surface area (Å²) in [6, 6.07) is 4.40. The van der Waals surface area contributed by atoms with Crippen molar-refractivity contribution in [1.82, 2.24) is 9.97 Å². The van der Waals surface area contributed by atoms with Crippen LogP contribution in [0.15, 0.2) is 18.2 Å². The number of hydrogen-bond donors (Lipinski definition) is 0. The molecule has 0 radical (unpaired) electrons. The van der Waals surface area contributed by atoms with Gasteiger partial charge in [-0.3, -0.25) is 0 Å².